The Morgan fingerprint density at radius 2 is 2.14 bits per heavy atom. The molecule has 1 aromatic carbocycles. The number of hydrogen-bond acceptors (Lipinski definition) is 5. The largest absolute Gasteiger partial charge is 0.384 e. The van der Waals surface area contributed by atoms with Gasteiger partial charge in [0.15, 0.2) is 0 Å². The summed E-state index contributed by atoms with van der Waals surface area (Å²) in [6.07, 6.45) is 1.99. The lowest BCUT2D eigenvalue weighted by Gasteiger charge is -2.28. The smallest absolute Gasteiger partial charge is 0.232 e. The highest BCUT2D eigenvalue weighted by molar-refractivity contribution is 5.99. The molecule has 2 amide bonds. The topological polar surface area (TPSA) is 109 Å². The lowest BCUT2D eigenvalue weighted by atomic mass is 10.1. The summed E-state index contributed by atoms with van der Waals surface area (Å²) in [6.45, 7) is 0.501. The average molecular weight is 300 g/mol. The minimum atomic E-state index is -0.400. The zero-order chi connectivity index (χ0) is 15.7. The molecule has 0 radical (unpaired) electrons. The van der Waals surface area contributed by atoms with Crippen LogP contribution in [0.4, 0.5) is 0 Å². The van der Waals surface area contributed by atoms with Crippen molar-refractivity contribution in [2.75, 3.05) is 6.54 Å². The Morgan fingerprint density at radius 1 is 1.41 bits per heavy atom. The normalized spacial score (nSPS) is 20.2. The maximum absolute atomic E-state index is 11.9. The summed E-state index contributed by atoms with van der Waals surface area (Å²) < 4.78 is 0. The van der Waals surface area contributed by atoms with E-state index in [0.29, 0.717) is 18.5 Å². The lowest BCUT2D eigenvalue weighted by molar-refractivity contribution is -0.153. The molecule has 2 aliphatic heterocycles. The fraction of sp³-hybridized carbons (Fsp3) is 0.267. The van der Waals surface area contributed by atoms with Crippen LogP contribution in [0.1, 0.15) is 24.0 Å². The van der Waals surface area contributed by atoms with Crippen LogP contribution in [0.3, 0.4) is 0 Å². The van der Waals surface area contributed by atoms with Crippen molar-refractivity contribution in [3.8, 4) is 0 Å². The van der Waals surface area contributed by atoms with E-state index >= 15 is 0 Å². The molecular weight excluding hydrogens is 284 g/mol. The second-order valence-electron chi connectivity index (χ2n) is 5.22. The van der Waals surface area contributed by atoms with Crippen molar-refractivity contribution in [3.05, 3.63) is 41.5 Å². The molecule has 2 aliphatic rings. The van der Waals surface area contributed by atoms with Crippen molar-refractivity contribution in [2.24, 2.45) is 5.73 Å². The van der Waals surface area contributed by atoms with E-state index in [1.165, 1.54) is 4.90 Å². The molecular formula is C15H16N4O3. The van der Waals surface area contributed by atoms with Gasteiger partial charge in [0.2, 0.25) is 11.8 Å². The maximum atomic E-state index is 11.9. The number of carbonyl (C=O) groups excluding carboxylic acids is 2. The van der Waals surface area contributed by atoms with Crippen LogP contribution in [0.5, 0.6) is 0 Å². The number of amidine groups is 1. The summed E-state index contributed by atoms with van der Waals surface area (Å²) in [5.74, 6) is -0.327. The Morgan fingerprint density at radius 3 is 2.68 bits per heavy atom. The van der Waals surface area contributed by atoms with Crippen molar-refractivity contribution in [3.63, 3.8) is 0 Å². The van der Waals surface area contributed by atoms with Gasteiger partial charge in [-0.1, -0.05) is 24.3 Å². The Kier molecular flexibility index (Phi) is 3.64. The molecule has 1 saturated heterocycles. The number of nitrogens with two attached hydrogens (primary N) is 1. The van der Waals surface area contributed by atoms with Gasteiger partial charge in [-0.25, -0.2) is 0 Å². The Balaban J connectivity index is 1.65. The van der Waals surface area contributed by atoms with Gasteiger partial charge < -0.3 is 5.73 Å². The highest BCUT2D eigenvalue weighted by Crippen LogP contribution is 2.22. The first-order valence-electron chi connectivity index (χ1n) is 6.96. The highest BCUT2D eigenvalue weighted by atomic mass is 16.7. The van der Waals surface area contributed by atoms with Gasteiger partial charge in [-0.05, 0) is 11.6 Å². The van der Waals surface area contributed by atoms with E-state index in [9.17, 15) is 9.59 Å². The number of rotatable bonds is 4. The number of hydroxylamine groups is 1. The number of likely N-dealkylation sites (tertiary alicyclic amines) is 1. The van der Waals surface area contributed by atoms with Gasteiger partial charge in [-0.3, -0.25) is 30.2 Å². The zero-order valence-corrected chi connectivity index (χ0v) is 11.8. The molecule has 1 aromatic rings. The molecule has 0 spiro atoms. The maximum Gasteiger partial charge on any atom is 0.232 e. The van der Waals surface area contributed by atoms with Crippen LogP contribution in [0.25, 0.3) is 5.70 Å². The monoisotopic (exact) mass is 300 g/mol. The van der Waals surface area contributed by atoms with Crippen LogP contribution in [-0.2, 0) is 14.4 Å². The molecule has 22 heavy (non-hydrogen) atoms. The third-order valence-electron chi connectivity index (χ3n) is 3.71. The summed E-state index contributed by atoms with van der Waals surface area (Å²) in [4.78, 5) is 29.7. The summed E-state index contributed by atoms with van der Waals surface area (Å²) in [5.41, 5.74) is 10.5. The van der Waals surface area contributed by atoms with E-state index in [2.05, 4.69) is 5.48 Å². The second kappa shape index (κ2) is 5.61. The summed E-state index contributed by atoms with van der Waals surface area (Å²) in [6, 6.07) is 7.14. The standard InChI is InChI=1S/C15H16N4O3/c16-15(17)10-3-1-9(2-4-10)12-7-11(22-18-12)8-14(21)19-6-5-13(19)20/h1-4,7,11,18H,5-6,8H2,(H3,16,17). The molecule has 1 unspecified atom stereocenters. The van der Waals surface area contributed by atoms with E-state index < -0.39 is 6.10 Å². The van der Waals surface area contributed by atoms with Gasteiger partial charge >= 0.3 is 0 Å². The van der Waals surface area contributed by atoms with Gasteiger partial charge in [-0.15, -0.1) is 0 Å². The van der Waals surface area contributed by atoms with Crippen molar-refractivity contribution in [2.45, 2.75) is 18.9 Å². The summed E-state index contributed by atoms with van der Waals surface area (Å²) in [7, 11) is 0. The fourth-order valence-electron chi connectivity index (χ4n) is 2.34. The van der Waals surface area contributed by atoms with E-state index in [0.717, 1.165) is 11.3 Å². The van der Waals surface area contributed by atoms with E-state index in [1.54, 1.807) is 12.1 Å². The van der Waals surface area contributed by atoms with Crippen LogP contribution in [0.2, 0.25) is 0 Å². The molecule has 0 aromatic heterocycles. The summed E-state index contributed by atoms with van der Waals surface area (Å²) >= 11 is 0. The third kappa shape index (κ3) is 2.71. The summed E-state index contributed by atoms with van der Waals surface area (Å²) in [5, 5.41) is 7.36. The lowest BCUT2D eigenvalue weighted by Crippen LogP contribution is -2.48. The first-order chi connectivity index (χ1) is 10.5. The van der Waals surface area contributed by atoms with E-state index in [-0.39, 0.29) is 24.1 Å². The van der Waals surface area contributed by atoms with Gasteiger partial charge in [0.05, 0.1) is 12.1 Å². The highest BCUT2D eigenvalue weighted by Gasteiger charge is 2.32. The molecule has 1 fully saturated rings. The number of β-lactam (4-membered cyclic amide) rings is 1. The van der Waals surface area contributed by atoms with Crippen molar-refractivity contribution < 1.29 is 14.4 Å². The number of carbonyl (C=O) groups is 2. The van der Waals surface area contributed by atoms with Crippen LogP contribution >= 0.6 is 0 Å². The molecule has 2 heterocycles. The molecule has 3 rings (SSSR count). The number of hydrogen-bond donors (Lipinski definition) is 3. The molecule has 0 saturated carbocycles. The SMILES string of the molecule is N=C(N)c1ccc(C2=CC(CC(=O)N3CCC3=O)ON2)cc1. The first-order valence-corrected chi connectivity index (χ1v) is 6.96. The Hall–Kier alpha value is -2.67. The molecule has 7 nitrogen and oxygen atoms in total. The molecule has 0 bridgehead atoms. The number of benzene rings is 1. The predicted molar refractivity (Wildman–Crippen MR) is 79.4 cm³/mol. The zero-order valence-electron chi connectivity index (χ0n) is 11.8. The molecule has 114 valence electrons. The molecule has 1 atom stereocenters. The Bertz CT molecular complexity index is 666. The number of nitrogens with zero attached hydrogens (tertiary/aromatic N) is 1. The van der Waals surface area contributed by atoms with Crippen molar-refractivity contribution >= 4 is 23.3 Å². The molecule has 7 heteroatoms. The van der Waals surface area contributed by atoms with Crippen LogP contribution in [0, 0.1) is 5.41 Å². The Labute approximate surface area is 127 Å². The molecule has 4 N–H and O–H groups in total. The van der Waals surface area contributed by atoms with Gasteiger partial charge in [0.1, 0.15) is 11.9 Å². The molecule has 0 aliphatic carbocycles. The minimum Gasteiger partial charge on any atom is -0.384 e. The van der Waals surface area contributed by atoms with Crippen LogP contribution < -0.4 is 11.2 Å². The average Bonchev–Trinajstić information content (AvgIpc) is 2.94. The number of imide groups is 1. The number of nitrogens with one attached hydrogen (secondary N) is 2. The third-order valence-corrected chi connectivity index (χ3v) is 3.71. The van der Waals surface area contributed by atoms with Crippen LogP contribution in [-0.4, -0.2) is 35.2 Å². The van der Waals surface area contributed by atoms with Crippen LogP contribution in [0.15, 0.2) is 30.3 Å². The van der Waals surface area contributed by atoms with Gasteiger partial charge in [0.25, 0.3) is 0 Å². The van der Waals surface area contributed by atoms with E-state index in [4.69, 9.17) is 16.0 Å². The van der Waals surface area contributed by atoms with Gasteiger partial charge in [-0.2, -0.15) is 0 Å². The minimum absolute atomic E-state index is 0.0128. The number of nitrogen functional groups attached to an aromatic ring is 1. The van der Waals surface area contributed by atoms with Crippen molar-refractivity contribution in [1.29, 1.82) is 5.41 Å². The second-order valence-corrected chi connectivity index (χ2v) is 5.22. The predicted octanol–water partition coefficient (Wildman–Crippen LogP) is 0.364. The fourth-order valence-corrected chi connectivity index (χ4v) is 2.34. The first kappa shape index (κ1) is 14.3. The van der Waals surface area contributed by atoms with Crippen molar-refractivity contribution in [1.82, 2.24) is 10.4 Å². The van der Waals surface area contributed by atoms with Gasteiger partial charge in [0, 0.05) is 18.5 Å². The quantitative estimate of drug-likeness (QED) is 0.423. The number of amides is 2. The van der Waals surface area contributed by atoms with E-state index in [1.807, 2.05) is 18.2 Å².